The third-order valence-electron chi connectivity index (χ3n) is 4.91. The van der Waals surface area contributed by atoms with Crippen molar-refractivity contribution in [3.63, 3.8) is 0 Å². The van der Waals surface area contributed by atoms with Gasteiger partial charge in [-0.1, -0.05) is 6.07 Å². The number of fused-ring (bicyclic) bond motifs is 1. The summed E-state index contributed by atoms with van der Waals surface area (Å²) in [6.45, 7) is 8.22. The summed E-state index contributed by atoms with van der Waals surface area (Å²) in [6.07, 6.45) is 0.841. The third kappa shape index (κ3) is 3.72. The molecule has 2 aromatic carbocycles. The van der Waals surface area contributed by atoms with Crippen LogP contribution in [-0.4, -0.2) is 24.4 Å². The zero-order chi connectivity index (χ0) is 18.8. The van der Waals surface area contributed by atoms with Crippen molar-refractivity contribution in [2.45, 2.75) is 40.2 Å². The van der Waals surface area contributed by atoms with Gasteiger partial charge in [0.2, 0.25) is 11.8 Å². The Balaban J connectivity index is 1.66. The lowest BCUT2D eigenvalue weighted by molar-refractivity contribution is -0.117. The summed E-state index contributed by atoms with van der Waals surface area (Å²) in [5.74, 6) is -0.0234. The molecule has 2 aromatic rings. The van der Waals surface area contributed by atoms with Gasteiger partial charge in [-0.25, -0.2) is 0 Å². The highest BCUT2D eigenvalue weighted by Crippen LogP contribution is 2.30. The largest absolute Gasteiger partial charge is 0.374 e. The van der Waals surface area contributed by atoms with Crippen LogP contribution in [0.15, 0.2) is 36.4 Å². The number of amides is 2. The SMILES string of the molecule is CC(=O)N1CCc2cc(NC(C)C(=O)Nc3ccc(C)c(C)c3)ccc21. The van der Waals surface area contributed by atoms with Crippen LogP contribution < -0.4 is 15.5 Å². The van der Waals surface area contributed by atoms with Gasteiger partial charge in [-0.3, -0.25) is 9.59 Å². The summed E-state index contributed by atoms with van der Waals surface area (Å²) in [6, 6.07) is 11.4. The summed E-state index contributed by atoms with van der Waals surface area (Å²) in [5.41, 5.74) is 6.14. The molecule has 0 spiro atoms. The molecular formula is C21H25N3O2. The van der Waals surface area contributed by atoms with Gasteiger partial charge in [-0.05, 0) is 74.2 Å². The highest BCUT2D eigenvalue weighted by atomic mass is 16.2. The van der Waals surface area contributed by atoms with E-state index in [1.165, 1.54) is 5.56 Å². The van der Waals surface area contributed by atoms with Gasteiger partial charge in [0.1, 0.15) is 6.04 Å². The van der Waals surface area contributed by atoms with Crippen LogP contribution >= 0.6 is 0 Å². The number of anilines is 3. The highest BCUT2D eigenvalue weighted by Gasteiger charge is 2.22. The van der Waals surface area contributed by atoms with Crippen molar-refractivity contribution < 1.29 is 9.59 Å². The number of carbonyl (C=O) groups is 2. The van der Waals surface area contributed by atoms with Crippen LogP contribution in [0.2, 0.25) is 0 Å². The average Bonchev–Trinajstić information content (AvgIpc) is 3.01. The number of rotatable bonds is 4. The second-order valence-corrected chi connectivity index (χ2v) is 6.92. The fourth-order valence-electron chi connectivity index (χ4n) is 3.20. The van der Waals surface area contributed by atoms with Crippen molar-refractivity contribution in [2.24, 2.45) is 0 Å². The number of aryl methyl sites for hydroxylation is 2. The van der Waals surface area contributed by atoms with E-state index in [9.17, 15) is 9.59 Å². The smallest absolute Gasteiger partial charge is 0.246 e. The molecule has 26 heavy (non-hydrogen) atoms. The molecule has 2 amide bonds. The van der Waals surface area contributed by atoms with Crippen molar-refractivity contribution >= 4 is 28.9 Å². The monoisotopic (exact) mass is 351 g/mol. The Morgan fingerprint density at radius 2 is 1.77 bits per heavy atom. The standard InChI is InChI=1S/C21H25N3O2/c1-13-5-6-18(11-14(13)2)23-21(26)15(3)22-19-7-8-20-17(12-19)9-10-24(20)16(4)25/h5-8,11-12,15,22H,9-10H2,1-4H3,(H,23,26). The molecule has 1 atom stereocenters. The second-order valence-electron chi connectivity index (χ2n) is 6.92. The Labute approximate surface area is 154 Å². The summed E-state index contributed by atoms with van der Waals surface area (Å²) in [4.78, 5) is 25.9. The van der Waals surface area contributed by atoms with Crippen LogP contribution in [0.5, 0.6) is 0 Å². The summed E-state index contributed by atoms with van der Waals surface area (Å²) >= 11 is 0. The predicted octanol–water partition coefficient (Wildman–Crippen LogP) is 3.65. The van der Waals surface area contributed by atoms with E-state index in [0.717, 1.165) is 41.2 Å². The van der Waals surface area contributed by atoms with Crippen molar-refractivity contribution in [2.75, 3.05) is 22.1 Å². The molecule has 0 saturated carbocycles. The maximum absolute atomic E-state index is 12.5. The zero-order valence-corrected chi connectivity index (χ0v) is 15.7. The van der Waals surface area contributed by atoms with Crippen LogP contribution in [-0.2, 0) is 16.0 Å². The molecule has 0 bridgehead atoms. The summed E-state index contributed by atoms with van der Waals surface area (Å²) in [7, 11) is 0. The van der Waals surface area contributed by atoms with Gasteiger partial charge in [-0.2, -0.15) is 0 Å². The maximum atomic E-state index is 12.5. The molecule has 2 N–H and O–H groups in total. The van der Waals surface area contributed by atoms with Crippen molar-refractivity contribution in [1.82, 2.24) is 0 Å². The minimum atomic E-state index is -0.375. The Hall–Kier alpha value is -2.82. The molecule has 1 aliphatic heterocycles. The normalized spacial score (nSPS) is 13.9. The van der Waals surface area contributed by atoms with Crippen LogP contribution in [0.25, 0.3) is 0 Å². The van der Waals surface area contributed by atoms with Crippen LogP contribution in [0.3, 0.4) is 0 Å². The lowest BCUT2D eigenvalue weighted by Gasteiger charge is -2.18. The van der Waals surface area contributed by atoms with Crippen molar-refractivity contribution in [3.8, 4) is 0 Å². The molecule has 0 aliphatic carbocycles. The number of hydrogen-bond acceptors (Lipinski definition) is 3. The Bertz CT molecular complexity index is 860. The average molecular weight is 351 g/mol. The Kier molecular flexibility index (Phi) is 4.98. The molecule has 1 heterocycles. The van der Waals surface area contributed by atoms with E-state index in [1.807, 2.05) is 57.2 Å². The van der Waals surface area contributed by atoms with Crippen LogP contribution in [0, 0.1) is 13.8 Å². The molecule has 3 rings (SSSR count). The molecule has 0 radical (unpaired) electrons. The lowest BCUT2D eigenvalue weighted by Crippen LogP contribution is -2.31. The number of nitrogens with one attached hydrogen (secondary N) is 2. The molecule has 5 nitrogen and oxygen atoms in total. The number of benzene rings is 2. The maximum Gasteiger partial charge on any atom is 0.246 e. The van der Waals surface area contributed by atoms with Crippen LogP contribution in [0.1, 0.15) is 30.5 Å². The van der Waals surface area contributed by atoms with Gasteiger partial charge >= 0.3 is 0 Å². The third-order valence-corrected chi connectivity index (χ3v) is 4.91. The summed E-state index contributed by atoms with van der Waals surface area (Å²) < 4.78 is 0. The zero-order valence-electron chi connectivity index (χ0n) is 15.7. The van der Waals surface area contributed by atoms with Crippen molar-refractivity contribution in [3.05, 3.63) is 53.1 Å². The molecule has 0 fully saturated rings. The van der Waals surface area contributed by atoms with Gasteiger partial charge in [0.25, 0.3) is 0 Å². The van der Waals surface area contributed by atoms with E-state index in [1.54, 1.807) is 11.8 Å². The fourth-order valence-corrected chi connectivity index (χ4v) is 3.20. The van der Waals surface area contributed by atoms with Gasteiger partial charge in [0.05, 0.1) is 0 Å². The van der Waals surface area contributed by atoms with E-state index in [0.29, 0.717) is 0 Å². The van der Waals surface area contributed by atoms with Gasteiger partial charge in [0, 0.05) is 30.5 Å². The Morgan fingerprint density at radius 1 is 1.04 bits per heavy atom. The molecule has 1 unspecified atom stereocenters. The predicted molar refractivity (Wildman–Crippen MR) is 106 cm³/mol. The number of carbonyl (C=O) groups excluding carboxylic acids is 2. The lowest BCUT2D eigenvalue weighted by atomic mass is 10.1. The van der Waals surface area contributed by atoms with E-state index in [-0.39, 0.29) is 17.9 Å². The summed E-state index contributed by atoms with van der Waals surface area (Å²) in [5, 5.41) is 6.20. The van der Waals surface area contributed by atoms with E-state index in [4.69, 9.17) is 0 Å². The first-order valence-corrected chi connectivity index (χ1v) is 8.91. The molecule has 1 aliphatic rings. The quantitative estimate of drug-likeness (QED) is 0.884. The van der Waals surface area contributed by atoms with Crippen molar-refractivity contribution in [1.29, 1.82) is 0 Å². The highest BCUT2D eigenvalue weighted by molar-refractivity contribution is 5.97. The van der Waals surface area contributed by atoms with Gasteiger partial charge in [-0.15, -0.1) is 0 Å². The van der Waals surface area contributed by atoms with Gasteiger partial charge in [0.15, 0.2) is 0 Å². The molecule has 5 heteroatoms. The van der Waals surface area contributed by atoms with E-state index < -0.39 is 0 Å². The molecule has 136 valence electrons. The molecule has 0 aromatic heterocycles. The van der Waals surface area contributed by atoms with Crippen LogP contribution in [0.4, 0.5) is 17.1 Å². The second kappa shape index (κ2) is 7.20. The van der Waals surface area contributed by atoms with E-state index in [2.05, 4.69) is 10.6 Å². The van der Waals surface area contributed by atoms with Gasteiger partial charge < -0.3 is 15.5 Å². The molecular weight excluding hydrogens is 326 g/mol. The minimum absolute atomic E-state index is 0.0607. The molecule has 0 saturated heterocycles. The number of hydrogen-bond donors (Lipinski definition) is 2. The Morgan fingerprint density at radius 3 is 2.46 bits per heavy atom. The first kappa shape index (κ1) is 18.0. The number of nitrogens with zero attached hydrogens (tertiary/aromatic N) is 1. The minimum Gasteiger partial charge on any atom is -0.374 e. The topological polar surface area (TPSA) is 61.4 Å². The fraction of sp³-hybridized carbons (Fsp3) is 0.333. The first-order chi connectivity index (χ1) is 12.3. The van der Waals surface area contributed by atoms with E-state index >= 15 is 0 Å². The first-order valence-electron chi connectivity index (χ1n) is 8.91.